The lowest BCUT2D eigenvalue weighted by molar-refractivity contribution is -0.172. The standard InChI is InChI=1S/C12H12Cl2O4/c1-3-11(16)18-12(7(2)15)17-8-4-5-9(13)10(14)6-8/h3-7,12,15H,1H2,2H3. The van der Waals surface area contributed by atoms with Gasteiger partial charge in [0, 0.05) is 12.1 Å². The SMILES string of the molecule is C=CC(=O)OC(Oc1ccc(Cl)c(Cl)c1)C(C)O. The van der Waals surface area contributed by atoms with Crippen molar-refractivity contribution in [1.29, 1.82) is 0 Å². The Kier molecular flexibility index (Phi) is 5.47. The van der Waals surface area contributed by atoms with Gasteiger partial charge in [0.1, 0.15) is 11.9 Å². The van der Waals surface area contributed by atoms with E-state index in [1.54, 1.807) is 6.07 Å². The van der Waals surface area contributed by atoms with Crippen LogP contribution in [0.5, 0.6) is 5.75 Å². The lowest BCUT2D eigenvalue weighted by atomic mass is 10.3. The van der Waals surface area contributed by atoms with Gasteiger partial charge in [0.25, 0.3) is 6.29 Å². The number of rotatable bonds is 5. The van der Waals surface area contributed by atoms with Crippen LogP contribution in [0.2, 0.25) is 10.0 Å². The Morgan fingerprint density at radius 1 is 1.44 bits per heavy atom. The van der Waals surface area contributed by atoms with Crippen LogP contribution >= 0.6 is 23.2 Å². The van der Waals surface area contributed by atoms with Crippen LogP contribution in [-0.2, 0) is 9.53 Å². The Hall–Kier alpha value is -1.23. The Bertz CT molecular complexity index is 446. The second-order valence-corrected chi connectivity index (χ2v) is 4.26. The predicted octanol–water partition coefficient (Wildman–Crippen LogP) is 2.81. The summed E-state index contributed by atoms with van der Waals surface area (Å²) in [4.78, 5) is 11.1. The summed E-state index contributed by atoms with van der Waals surface area (Å²) in [6, 6.07) is 4.54. The summed E-state index contributed by atoms with van der Waals surface area (Å²) in [6.45, 7) is 4.68. The number of halogens is 2. The summed E-state index contributed by atoms with van der Waals surface area (Å²) in [7, 11) is 0. The molecular formula is C12H12Cl2O4. The van der Waals surface area contributed by atoms with E-state index in [0.29, 0.717) is 15.8 Å². The average molecular weight is 291 g/mol. The summed E-state index contributed by atoms with van der Waals surface area (Å²) >= 11 is 11.6. The molecule has 2 atom stereocenters. The molecule has 0 aromatic heterocycles. The largest absolute Gasteiger partial charge is 0.452 e. The number of benzene rings is 1. The van der Waals surface area contributed by atoms with Crippen LogP contribution in [0, 0.1) is 0 Å². The van der Waals surface area contributed by atoms with Gasteiger partial charge < -0.3 is 14.6 Å². The van der Waals surface area contributed by atoms with Crippen LogP contribution in [0.25, 0.3) is 0 Å². The molecule has 0 fully saturated rings. The number of hydrogen-bond acceptors (Lipinski definition) is 4. The van der Waals surface area contributed by atoms with Gasteiger partial charge in [0.2, 0.25) is 0 Å². The van der Waals surface area contributed by atoms with Gasteiger partial charge in [-0.25, -0.2) is 4.79 Å². The number of ether oxygens (including phenoxy) is 2. The van der Waals surface area contributed by atoms with Gasteiger partial charge >= 0.3 is 5.97 Å². The maximum atomic E-state index is 11.1. The van der Waals surface area contributed by atoms with Crippen LogP contribution in [0.4, 0.5) is 0 Å². The van der Waals surface area contributed by atoms with Crippen molar-refractivity contribution >= 4 is 29.2 Å². The third-order valence-electron chi connectivity index (χ3n) is 1.94. The van der Waals surface area contributed by atoms with Crippen molar-refractivity contribution in [3.05, 3.63) is 40.9 Å². The zero-order chi connectivity index (χ0) is 13.7. The van der Waals surface area contributed by atoms with Crippen LogP contribution in [-0.4, -0.2) is 23.5 Å². The number of carbonyl (C=O) groups is 1. The molecule has 1 rings (SSSR count). The third-order valence-corrected chi connectivity index (χ3v) is 2.68. The number of aliphatic hydroxyl groups excluding tert-OH is 1. The average Bonchev–Trinajstić information content (AvgIpc) is 2.32. The number of carbonyl (C=O) groups excluding carboxylic acids is 1. The third kappa shape index (κ3) is 4.22. The molecule has 1 N–H and O–H groups in total. The summed E-state index contributed by atoms with van der Waals surface area (Å²) in [6.07, 6.45) is -1.18. The van der Waals surface area contributed by atoms with E-state index in [0.717, 1.165) is 6.08 Å². The Balaban J connectivity index is 2.79. The van der Waals surface area contributed by atoms with Crippen LogP contribution in [0.3, 0.4) is 0 Å². The fourth-order valence-electron chi connectivity index (χ4n) is 1.07. The molecule has 0 saturated heterocycles. The lowest BCUT2D eigenvalue weighted by Crippen LogP contribution is -2.34. The number of aliphatic hydroxyl groups is 1. The van der Waals surface area contributed by atoms with Crippen LogP contribution in [0.1, 0.15) is 6.92 Å². The molecule has 98 valence electrons. The van der Waals surface area contributed by atoms with Gasteiger partial charge in [-0.2, -0.15) is 0 Å². The van der Waals surface area contributed by atoms with Gasteiger partial charge in [-0.05, 0) is 19.1 Å². The molecule has 0 heterocycles. The normalized spacial score (nSPS) is 13.6. The Labute approximate surface area is 115 Å². The maximum absolute atomic E-state index is 11.1. The predicted molar refractivity (Wildman–Crippen MR) is 68.8 cm³/mol. The van der Waals surface area contributed by atoms with E-state index in [4.69, 9.17) is 32.7 Å². The van der Waals surface area contributed by atoms with Gasteiger partial charge in [-0.1, -0.05) is 29.8 Å². The monoisotopic (exact) mass is 290 g/mol. The minimum absolute atomic E-state index is 0.300. The second-order valence-electron chi connectivity index (χ2n) is 3.44. The van der Waals surface area contributed by atoms with Crippen molar-refractivity contribution in [2.45, 2.75) is 19.3 Å². The first-order valence-electron chi connectivity index (χ1n) is 5.07. The van der Waals surface area contributed by atoms with E-state index in [1.807, 2.05) is 0 Å². The fourth-order valence-corrected chi connectivity index (χ4v) is 1.36. The van der Waals surface area contributed by atoms with Gasteiger partial charge in [0.15, 0.2) is 0 Å². The Morgan fingerprint density at radius 2 is 2.11 bits per heavy atom. The topological polar surface area (TPSA) is 55.8 Å². The van der Waals surface area contributed by atoms with E-state index in [1.165, 1.54) is 19.1 Å². The summed E-state index contributed by atoms with van der Waals surface area (Å²) in [5, 5.41) is 10.1. The Morgan fingerprint density at radius 3 is 2.61 bits per heavy atom. The van der Waals surface area contributed by atoms with Crippen molar-refractivity contribution in [3.63, 3.8) is 0 Å². The molecule has 0 amide bonds. The first-order chi connectivity index (χ1) is 8.43. The van der Waals surface area contributed by atoms with E-state index in [-0.39, 0.29) is 0 Å². The summed E-state index contributed by atoms with van der Waals surface area (Å²) < 4.78 is 10.1. The van der Waals surface area contributed by atoms with Crippen molar-refractivity contribution in [1.82, 2.24) is 0 Å². The van der Waals surface area contributed by atoms with Crippen LogP contribution in [0.15, 0.2) is 30.9 Å². The molecule has 6 heteroatoms. The second kappa shape index (κ2) is 6.64. The van der Waals surface area contributed by atoms with Crippen molar-refractivity contribution in [2.75, 3.05) is 0 Å². The molecule has 0 aliphatic carbocycles. The molecule has 0 spiro atoms. The summed E-state index contributed by atoms with van der Waals surface area (Å²) in [5.41, 5.74) is 0. The molecule has 0 radical (unpaired) electrons. The molecule has 1 aromatic rings. The highest BCUT2D eigenvalue weighted by atomic mass is 35.5. The highest BCUT2D eigenvalue weighted by Crippen LogP contribution is 2.27. The van der Waals surface area contributed by atoms with E-state index in [9.17, 15) is 9.90 Å². The molecule has 0 aliphatic heterocycles. The molecule has 18 heavy (non-hydrogen) atoms. The zero-order valence-electron chi connectivity index (χ0n) is 9.60. The quantitative estimate of drug-likeness (QED) is 0.515. The minimum atomic E-state index is -1.15. The summed E-state index contributed by atoms with van der Waals surface area (Å²) in [5.74, 6) is -0.367. The first-order valence-corrected chi connectivity index (χ1v) is 5.82. The molecule has 0 saturated carbocycles. The van der Waals surface area contributed by atoms with Gasteiger partial charge in [-0.3, -0.25) is 0 Å². The van der Waals surface area contributed by atoms with E-state index >= 15 is 0 Å². The molecule has 1 aromatic carbocycles. The van der Waals surface area contributed by atoms with Crippen LogP contribution < -0.4 is 4.74 Å². The van der Waals surface area contributed by atoms with Gasteiger partial charge in [0.05, 0.1) is 10.0 Å². The van der Waals surface area contributed by atoms with Crippen molar-refractivity contribution in [3.8, 4) is 5.75 Å². The molecular weight excluding hydrogens is 279 g/mol. The fraction of sp³-hybridized carbons (Fsp3) is 0.250. The van der Waals surface area contributed by atoms with E-state index in [2.05, 4.69) is 6.58 Å². The number of hydrogen-bond donors (Lipinski definition) is 1. The first kappa shape index (κ1) is 14.8. The molecule has 4 nitrogen and oxygen atoms in total. The highest BCUT2D eigenvalue weighted by Gasteiger charge is 2.20. The highest BCUT2D eigenvalue weighted by molar-refractivity contribution is 6.42. The molecule has 2 unspecified atom stereocenters. The lowest BCUT2D eigenvalue weighted by Gasteiger charge is -2.21. The van der Waals surface area contributed by atoms with E-state index < -0.39 is 18.4 Å². The zero-order valence-corrected chi connectivity index (χ0v) is 11.1. The van der Waals surface area contributed by atoms with Gasteiger partial charge in [-0.15, -0.1) is 0 Å². The minimum Gasteiger partial charge on any atom is -0.452 e. The maximum Gasteiger partial charge on any atom is 0.333 e. The smallest absolute Gasteiger partial charge is 0.333 e. The van der Waals surface area contributed by atoms with Crippen molar-refractivity contribution in [2.24, 2.45) is 0 Å². The number of esters is 1. The molecule has 0 aliphatic rings. The molecule has 0 bridgehead atoms. The van der Waals surface area contributed by atoms with Crippen molar-refractivity contribution < 1.29 is 19.4 Å².